The maximum atomic E-state index is 12.2. The van der Waals surface area contributed by atoms with Crippen LogP contribution in [0.25, 0.3) is 0 Å². The fraction of sp³-hybridized carbons (Fsp3) is 0.222. The number of anilines is 1. The molecule has 27 heavy (non-hydrogen) atoms. The van der Waals surface area contributed by atoms with Crippen molar-refractivity contribution < 1.29 is 22.7 Å². The van der Waals surface area contributed by atoms with Gasteiger partial charge in [0.05, 0.1) is 18.1 Å². The topological polar surface area (TPSA) is 87.9 Å². The maximum absolute atomic E-state index is 12.2. The first-order valence-electron chi connectivity index (χ1n) is 7.68. The SMILES string of the molecule is N#CCCC#Cc1cnc(NC(=O)Cc2cccc(OC(F)(F)F)c2)nc1. The van der Waals surface area contributed by atoms with Gasteiger partial charge in [-0.05, 0) is 17.7 Å². The molecule has 6 nitrogen and oxygen atoms in total. The predicted molar refractivity (Wildman–Crippen MR) is 89.2 cm³/mol. The number of hydrogen-bond donors (Lipinski definition) is 1. The summed E-state index contributed by atoms with van der Waals surface area (Å²) in [6.45, 7) is 0. The van der Waals surface area contributed by atoms with Gasteiger partial charge in [-0.15, -0.1) is 13.2 Å². The van der Waals surface area contributed by atoms with E-state index in [9.17, 15) is 18.0 Å². The van der Waals surface area contributed by atoms with Crippen LogP contribution in [0.3, 0.4) is 0 Å². The van der Waals surface area contributed by atoms with Gasteiger partial charge in [-0.3, -0.25) is 10.1 Å². The number of rotatable bonds is 5. The largest absolute Gasteiger partial charge is 0.573 e. The molecule has 9 heteroatoms. The smallest absolute Gasteiger partial charge is 0.406 e. The molecule has 0 fully saturated rings. The summed E-state index contributed by atoms with van der Waals surface area (Å²) >= 11 is 0. The van der Waals surface area contributed by atoms with Gasteiger partial charge in [-0.1, -0.05) is 24.0 Å². The van der Waals surface area contributed by atoms with Crippen molar-refractivity contribution in [3.8, 4) is 23.7 Å². The molecule has 1 aromatic heterocycles. The normalized spacial score (nSPS) is 10.3. The first kappa shape index (κ1) is 19.7. The third-order valence-corrected chi connectivity index (χ3v) is 2.99. The Morgan fingerprint density at radius 1 is 1.22 bits per heavy atom. The molecule has 0 atom stereocenters. The third kappa shape index (κ3) is 7.45. The van der Waals surface area contributed by atoms with Crippen molar-refractivity contribution in [2.45, 2.75) is 25.6 Å². The van der Waals surface area contributed by atoms with Crippen LogP contribution in [0.15, 0.2) is 36.7 Å². The van der Waals surface area contributed by atoms with Crippen LogP contribution in [-0.4, -0.2) is 22.2 Å². The van der Waals surface area contributed by atoms with Crippen LogP contribution < -0.4 is 10.1 Å². The lowest BCUT2D eigenvalue weighted by atomic mass is 10.1. The average Bonchev–Trinajstić information content (AvgIpc) is 2.59. The Morgan fingerprint density at radius 2 is 1.96 bits per heavy atom. The summed E-state index contributed by atoms with van der Waals surface area (Å²) in [5.74, 6) is 4.72. The molecule has 1 N–H and O–H groups in total. The number of carbonyl (C=O) groups is 1. The second-order valence-corrected chi connectivity index (χ2v) is 5.18. The van der Waals surface area contributed by atoms with Gasteiger partial charge in [0.25, 0.3) is 0 Å². The summed E-state index contributed by atoms with van der Waals surface area (Å²) < 4.78 is 40.5. The molecule has 0 spiro atoms. The highest BCUT2D eigenvalue weighted by atomic mass is 19.4. The molecule has 0 saturated heterocycles. The predicted octanol–water partition coefficient (Wildman–Crippen LogP) is 3.21. The summed E-state index contributed by atoms with van der Waals surface area (Å²) in [4.78, 5) is 19.9. The number of alkyl halides is 3. The molecule has 0 aliphatic carbocycles. The molecule has 138 valence electrons. The van der Waals surface area contributed by atoms with Crippen LogP contribution in [-0.2, 0) is 11.2 Å². The van der Waals surface area contributed by atoms with Gasteiger partial charge in [0.1, 0.15) is 5.75 Å². The van der Waals surface area contributed by atoms with E-state index in [-0.39, 0.29) is 12.4 Å². The number of nitrogens with one attached hydrogen (secondary N) is 1. The molecule has 1 heterocycles. The highest BCUT2D eigenvalue weighted by Crippen LogP contribution is 2.23. The number of nitrogens with zero attached hydrogens (tertiary/aromatic N) is 3. The van der Waals surface area contributed by atoms with Crippen LogP contribution in [0.2, 0.25) is 0 Å². The molecular weight excluding hydrogens is 361 g/mol. The molecule has 0 aliphatic heterocycles. The van der Waals surface area contributed by atoms with Gasteiger partial charge in [-0.2, -0.15) is 5.26 Å². The fourth-order valence-electron chi connectivity index (χ4n) is 1.95. The number of ether oxygens (including phenoxy) is 1. The quantitative estimate of drug-likeness (QED) is 0.641. The van der Waals surface area contributed by atoms with E-state index in [1.165, 1.54) is 24.5 Å². The average molecular weight is 374 g/mol. The highest BCUT2D eigenvalue weighted by molar-refractivity contribution is 5.90. The number of aromatic nitrogens is 2. The van der Waals surface area contributed by atoms with Crippen LogP contribution >= 0.6 is 0 Å². The number of hydrogen-bond acceptors (Lipinski definition) is 5. The number of benzene rings is 1. The Balaban J connectivity index is 1.93. The van der Waals surface area contributed by atoms with E-state index in [2.05, 4.69) is 31.9 Å². The van der Waals surface area contributed by atoms with E-state index in [1.807, 2.05) is 6.07 Å². The van der Waals surface area contributed by atoms with Gasteiger partial charge >= 0.3 is 6.36 Å². The van der Waals surface area contributed by atoms with Crippen molar-refractivity contribution in [3.63, 3.8) is 0 Å². The van der Waals surface area contributed by atoms with Gasteiger partial charge < -0.3 is 4.74 Å². The van der Waals surface area contributed by atoms with Gasteiger partial charge in [0.15, 0.2) is 0 Å². The molecule has 2 rings (SSSR count). The van der Waals surface area contributed by atoms with Crippen molar-refractivity contribution in [1.29, 1.82) is 5.26 Å². The lowest BCUT2D eigenvalue weighted by molar-refractivity contribution is -0.274. The van der Waals surface area contributed by atoms with Crippen LogP contribution in [0.4, 0.5) is 19.1 Å². The Morgan fingerprint density at radius 3 is 2.63 bits per heavy atom. The van der Waals surface area contributed by atoms with E-state index in [0.29, 0.717) is 24.0 Å². The number of halogens is 3. The summed E-state index contributed by atoms with van der Waals surface area (Å²) in [6, 6.07) is 7.12. The van der Waals surface area contributed by atoms with E-state index < -0.39 is 18.0 Å². The second kappa shape index (κ2) is 9.20. The molecule has 2 aromatic rings. The molecular formula is C18H13F3N4O2. The minimum atomic E-state index is -4.80. The zero-order valence-electron chi connectivity index (χ0n) is 13.9. The van der Waals surface area contributed by atoms with E-state index in [4.69, 9.17) is 5.26 Å². The van der Waals surface area contributed by atoms with Crippen molar-refractivity contribution in [2.75, 3.05) is 5.32 Å². The number of unbranched alkanes of at least 4 members (excludes halogenated alkanes) is 1. The number of nitriles is 1. The minimum absolute atomic E-state index is 0.0465. The van der Waals surface area contributed by atoms with Crippen molar-refractivity contribution in [2.24, 2.45) is 0 Å². The third-order valence-electron chi connectivity index (χ3n) is 2.99. The molecule has 1 aromatic carbocycles. The standard InChI is InChI=1S/C18H13F3N4O2/c19-18(20,21)27-15-7-4-6-13(9-15)10-16(26)25-17-23-11-14(12-24-17)5-2-1-3-8-22/h4,6-7,9,11-12H,1,3,10H2,(H,23,24,25,26). The van der Waals surface area contributed by atoms with Crippen LogP contribution in [0.5, 0.6) is 5.75 Å². The summed E-state index contributed by atoms with van der Waals surface area (Å²) in [6.07, 6.45) is -1.37. The Kier molecular flexibility index (Phi) is 6.73. The molecule has 0 bridgehead atoms. The first-order valence-corrected chi connectivity index (χ1v) is 7.68. The molecule has 1 amide bonds. The van der Waals surface area contributed by atoms with Gasteiger partial charge in [-0.25, -0.2) is 9.97 Å². The molecule has 0 saturated carbocycles. The summed E-state index contributed by atoms with van der Waals surface area (Å²) in [5.41, 5.74) is 0.872. The lowest BCUT2D eigenvalue weighted by Gasteiger charge is -2.10. The molecule has 0 unspecified atom stereocenters. The molecule has 0 aliphatic rings. The monoisotopic (exact) mass is 374 g/mol. The van der Waals surface area contributed by atoms with Gasteiger partial charge in [0, 0.05) is 25.2 Å². The molecule has 0 radical (unpaired) electrons. The van der Waals surface area contributed by atoms with Crippen LogP contribution in [0.1, 0.15) is 24.0 Å². The number of carbonyl (C=O) groups excluding carboxylic acids is 1. The van der Waals surface area contributed by atoms with Crippen molar-refractivity contribution in [1.82, 2.24) is 9.97 Å². The van der Waals surface area contributed by atoms with Gasteiger partial charge in [0.2, 0.25) is 11.9 Å². The Hall–Kier alpha value is -3.59. The highest BCUT2D eigenvalue weighted by Gasteiger charge is 2.31. The van der Waals surface area contributed by atoms with Crippen molar-refractivity contribution in [3.05, 3.63) is 47.8 Å². The summed E-state index contributed by atoms with van der Waals surface area (Å²) in [5, 5.41) is 10.9. The Labute approximate surface area is 153 Å². The maximum Gasteiger partial charge on any atom is 0.573 e. The Bertz CT molecular complexity index is 894. The summed E-state index contributed by atoms with van der Waals surface area (Å²) in [7, 11) is 0. The van der Waals surface area contributed by atoms with Crippen molar-refractivity contribution >= 4 is 11.9 Å². The van der Waals surface area contributed by atoms with E-state index in [1.54, 1.807) is 0 Å². The van der Waals surface area contributed by atoms with E-state index in [0.717, 1.165) is 12.1 Å². The first-order chi connectivity index (χ1) is 12.9. The zero-order chi connectivity index (χ0) is 19.7. The zero-order valence-corrected chi connectivity index (χ0v) is 13.9. The van der Waals surface area contributed by atoms with Crippen LogP contribution in [0, 0.1) is 23.2 Å². The lowest BCUT2D eigenvalue weighted by Crippen LogP contribution is -2.18. The number of amides is 1. The second-order valence-electron chi connectivity index (χ2n) is 5.18. The minimum Gasteiger partial charge on any atom is -0.406 e. The fourth-order valence-corrected chi connectivity index (χ4v) is 1.95. The van der Waals surface area contributed by atoms with E-state index >= 15 is 0 Å².